The summed E-state index contributed by atoms with van der Waals surface area (Å²) < 4.78 is 25.1. The van der Waals surface area contributed by atoms with Gasteiger partial charge in [-0.3, -0.25) is 13.9 Å². The molecular weight excluding hydrogens is 354 g/mol. The number of sulfonamides is 1. The number of anilines is 2. The van der Waals surface area contributed by atoms with E-state index in [0.717, 1.165) is 10.6 Å². The van der Waals surface area contributed by atoms with Crippen LogP contribution in [-0.4, -0.2) is 32.9 Å². The zero-order valence-corrected chi connectivity index (χ0v) is 15.1. The molecule has 26 heavy (non-hydrogen) atoms. The highest BCUT2D eigenvalue weighted by atomic mass is 32.2. The number of carbonyl (C=O) groups excluding carboxylic acids is 2. The lowest BCUT2D eigenvalue weighted by atomic mass is 10.1. The van der Waals surface area contributed by atoms with Crippen LogP contribution in [0.5, 0.6) is 0 Å². The molecule has 2 aromatic carbocycles. The molecule has 8 heteroatoms. The van der Waals surface area contributed by atoms with Crippen molar-refractivity contribution in [3.63, 3.8) is 0 Å². The normalized spacial score (nSPS) is 10.7. The average Bonchev–Trinajstić information content (AvgIpc) is 2.59. The summed E-state index contributed by atoms with van der Waals surface area (Å²) >= 11 is 0. The van der Waals surface area contributed by atoms with Gasteiger partial charge in [0.2, 0.25) is 15.9 Å². The molecule has 0 spiro atoms. The molecule has 0 saturated heterocycles. The zero-order chi connectivity index (χ0) is 19.3. The first-order valence-corrected chi connectivity index (χ1v) is 9.44. The van der Waals surface area contributed by atoms with Crippen molar-refractivity contribution in [2.75, 3.05) is 22.4 Å². The Kier molecular flexibility index (Phi) is 5.75. The number of hydrogen-bond acceptors (Lipinski definition) is 5. The molecule has 7 nitrogen and oxygen atoms in total. The number of Topliss-reactive ketones (excluding diaryl/α,β-unsaturated/α-hetero) is 1. The van der Waals surface area contributed by atoms with Crippen molar-refractivity contribution < 1.29 is 18.0 Å². The van der Waals surface area contributed by atoms with Crippen LogP contribution in [0.3, 0.4) is 0 Å². The number of nitrogens with one attached hydrogen (secondary N) is 1. The summed E-state index contributed by atoms with van der Waals surface area (Å²) in [5.74, 6) is -0.670. The van der Waals surface area contributed by atoms with E-state index in [9.17, 15) is 18.0 Å². The number of carbonyl (C=O) groups is 2. The molecule has 0 saturated carbocycles. The molecule has 0 aromatic heterocycles. The van der Waals surface area contributed by atoms with Crippen molar-refractivity contribution in [2.45, 2.75) is 6.92 Å². The van der Waals surface area contributed by atoms with Crippen molar-refractivity contribution >= 4 is 33.1 Å². The van der Waals surface area contributed by atoms with Gasteiger partial charge in [0.25, 0.3) is 0 Å². The molecule has 0 aliphatic heterocycles. The largest absolute Gasteiger partial charge is 0.325 e. The van der Waals surface area contributed by atoms with Crippen LogP contribution in [0.2, 0.25) is 0 Å². The van der Waals surface area contributed by atoms with Gasteiger partial charge in [-0.15, -0.1) is 0 Å². The van der Waals surface area contributed by atoms with Gasteiger partial charge in [-0.25, -0.2) is 8.42 Å². The Labute approximate surface area is 151 Å². The number of ketones is 1. The highest BCUT2D eigenvalue weighted by Gasteiger charge is 2.21. The first-order chi connectivity index (χ1) is 12.2. The highest BCUT2D eigenvalue weighted by Crippen LogP contribution is 2.19. The molecule has 0 bridgehead atoms. The number of rotatable bonds is 6. The predicted octanol–water partition coefficient (Wildman–Crippen LogP) is 2.17. The molecule has 2 aromatic rings. The monoisotopic (exact) mass is 371 g/mol. The summed E-state index contributed by atoms with van der Waals surface area (Å²) in [5, 5.41) is 11.4. The summed E-state index contributed by atoms with van der Waals surface area (Å²) in [5.41, 5.74) is 1.64. The van der Waals surface area contributed by atoms with Gasteiger partial charge in [0, 0.05) is 11.3 Å². The average molecular weight is 371 g/mol. The minimum atomic E-state index is -3.70. The standard InChI is InChI=1S/C18H17N3O4S/c1-13(22)15-5-9-17(10-6-15)21(26(2,24)25)12-18(23)20-16-7-3-14(11-19)4-8-16/h3-10H,12H2,1-2H3,(H,20,23). The van der Waals surface area contributed by atoms with Crippen molar-refractivity contribution in [1.29, 1.82) is 5.26 Å². The second-order valence-corrected chi connectivity index (χ2v) is 7.52. The molecule has 1 N–H and O–H groups in total. The summed E-state index contributed by atoms with van der Waals surface area (Å²) in [7, 11) is -3.70. The summed E-state index contributed by atoms with van der Waals surface area (Å²) in [4.78, 5) is 23.6. The number of hydrogen-bond donors (Lipinski definition) is 1. The Morgan fingerprint density at radius 2 is 1.65 bits per heavy atom. The SMILES string of the molecule is CC(=O)c1ccc(N(CC(=O)Nc2ccc(C#N)cc2)S(C)(=O)=O)cc1. The quantitative estimate of drug-likeness (QED) is 0.783. The van der Waals surface area contributed by atoms with Crippen LogP contribution in [0.4, 0.5) is 11.4 Å². The molecule has 1 amide bonds. The molecule has 2 rings (SSSR count). The smallest absolute Gasteiger partial charge is 0.245 e. The van der Waals surface area contributed by atoms with E-state index in [-0.39, 0.29) is 11.5 Å². The third kappa shape index (κ3) is 4.91. The number of nitrogens with zero attached hydrogens (tertiary/aromatic N) is 2. The predicted molar refractivity (Wildman–Crippen MR) is 98.4 cm³/mol. The minimum absolute atomic E-state index is 0.138. The molecule has 0 fully saturated rings. The first kappa shape index (κ1) is 19.1. The van der Waals surface area contributed by atoms with Crippen molar-refractivity contribution in [1.82, 2.24) is 0 Å². The lowest BCUT2D eigenvalue weighted by Crippen LogP contribution is -2.37. The van der Waals surface area contributed by atoms with E-state index in [1.54, 1.807) is 24.3 Å². The Bertz CT molecular complexity index is 959. The molecular formula is C18H17N3O4S. The Hall–Kier alpha value is -3.18. The summed E-state index contributed by atoms with van der Waals surface area (Å²) in [6.45, 7) is 0.993. The van der Waals surface area contributed by atoms with Crippen LogP contribution in [0, 0.1) is 11.3 Å². The Balaban J connectivity index is 2.18. The van der Waals surface area contributed by atoms with Gasteiger partial charge >= 0.3 is 0 Å². The number of nitriles is 1. The lowest BCUT2D eigenvalue weighted by Gasteiger charge is -2.22. The first-order valence-electron chi connectivity index (χ1n) is 7.59. The third-order valence-corrected chi connectivity index (χ3v) is 4.69. The van der Waals surface area contributed by atoms with Crippen LogP contribution in [0.15, 0.2) is 48.5 Å². The highest BCUT2D eigenvalue weighted by molar-refractivity contribution is 7.92. The van der Waals surface area contributed by atoms with E-state index in [1.165, 1.54) is 31.2 Å². The van der Waals surface area contributed by atoms with Gasteiger partial charge in [0.05, 0.1) is 23.6 Å². The lowest BCUT2D eigenvalue weighted by molar-refractivity contribution is -0.114. The fourth-order valence-corrected chi connectivity index (χ4v) is 3.08. The Morgan fingerprint density at radius 3 is 2.12 bits per heavy atom. The van der Waals surface area contributed by atoms with Crippen LogP contribution in [-0.2, 0) is 14.8 Å². The number of amides is 1. The molecule has 0 aliphatic rings. The Morgan fingerprint density at radius 1 is 1.08 bits per heavy atom. The number of benzene rings is 2. The summed E-state index contributed by atoms with van der Waals surface area (Å²) in [6, 6.07) is 14.2. The minimum Gasteiger partial charge on any atom is -0.325 e. The fourth-order valence-electron chi connectivity index (χ4n) is 2.22. The molecule has 0 atom stereocenters. The molecule has 0 unspecified atom stereocenters. The van der Waals surface area contributed by atoms with Gasteiger partial charge in [-0.2, -0.15) is 5.26 Å². The van der Waals surface area contributed by atoms with Crippen LogP contribution in [0.1, 0.15) is 22.8 Å². The van der Waals surface area contributed by atoms with Gasteiger partial charge < -0.3 is 5.32 Å². The van der Waals surface area contributed by atoms with Crippen LogP contribution in [0.25, 0.3) is 0 Å². The van der Waals surface area contributed by atoms with Gasteiger partial charge in [0.1, 0.15) is 6.54 Å². The van der Waals surface area contributed by atoms with Crippen molar-refractivity contribution in [3.8, 4) is 6.07 Å². The maximum Gasteiger partial charge on any atom is 0.245 e. The van der Waals surface area contributed by atoms with E-state index < -0.39 is 22.5 Å². The van der Waals surface area contributed by atoms with E-state index >= 15 is 0 Å². The van der Waals surface area contributed by atoms with E-state index in [2.05, 4.69) is 5.32 Å². The second kappa shape index (κ2) is 7.80. The fraction of sp³-hybridized carbons (Fsp3) is 0.167. The van der Waals surface area contributed by atoms with Gasteiger partial charge in [0.15, 0.2) is 5.78 Å². The maximum atomic E-state index is 12.2. The van der Waals surface area contributed by atoms with Crippen LogP contribution >= 0.6 is 0 Å². The van der Waals surface area contributed by atoms with Gasteiger partial charge in [-0.05, 0) is 55.5 Å². The molecule has 0 heterocycles. The maximum absolute atomic E-state index is 12.2. The second-order valence-electron chi connectivity index (χ2n) is 5.61. The van der Waals surface area contributed by atoms with E-state index in [0.29, 0.717) is 16.8 Å². The molecule has 0 radical (unpaired) electrons. The molecule has 134 valence electrons. The van der Waals surface area contributed by atoms with E-state index in [1.807, 2.05) is 6.07 Å². The van der Waals surface area contributed by atoms with Crippen molar-refractivity contribution in [3.05, 3.63) is 59.7 Å². The van der Waals surface area contributed by atoms with Crippen molar-refractivity contribution in [2.24, 2.45) is 0 Å². The topological polar surface area (TPSA) is 107 Å². The van der Waals surface area contributed by atoms with E-state index in [4.69, 9.17) is 5.26 Å². The van der Waals surface area contributed by atoms with Gasteiger partial charge in [-0.1, -0.05) is 0 Å². The van der Waals surface area contributed by atoms with Crippen LogP contribution < -0.4 is 9.62 Å². The zero-order valence-electron chi connectivity index (χ0n) is 14.3. The molecule has 0 aliphatic carbocycles. The third-order valence-electron chi connectivity index (χ3n) is 3.55. The summed E-state index contributed by atoms with van der Waals surface area (Å²) in [6.07, 6.45) is 1.00.